The summed E-state index contributed by atoms with van der Waals surface area (Å²) in [5.74, 6) is 1.24. The Labute approximate surface area is 183 Å². The van der Waals surface area contributed by atoms with Crippen LogP contribution in [0.1, 0.15) is 12.1 Å². The largest absolute Gasteiger partial charge is 0.495 e. The molecule has 0 aliphatic carbocycles. The quantitative estimate of drug-likeness (QED) is 0.543. The van der Waals surface area contributed by atoms with E-state index in [1.807, 2.05) is 18.2 Å². The van der Waals surface area contributed by atoms with Crippen molar-refractivity contribution in [1.82, 2.24) is 5.16 Å². The van der Waals surface area contributed by atoms with E-state index in [4.69, 9.17) is 23.5 Å². The van der Waals surface area contributed by atoms with Gasteiger partial charge in [0.15, 0.2) is 17.3 Å². The zero-order valence-electron chi connectivity index (χ0n) is 17.3. The summed E-state index contributed by atoms with van der Waals surface area (Å²) in [7, 11) is 1.54. The molecule has 164 valence electrons. The van der Waals surface area contributed by atoms with Crippen LogP contribution in [0.2, 0.25) is 0 Å². The minimum Gasteiger partial charge on any atom is -0.495 e. The highest BCUT2D eigenvalue weighted by molar-refractivity contribution is 6.00. The lowest BCUT2D eigenvalue weighted by Crippen LogP contribution is -2.26. The highest BCUT2D eigenvalue weighted by atomic mass is 16.7. The van der Waals surface area contributed by atoms with E-state index in [2.05, 4.69) is 5.16 Å². The van der Waals surface area contributed by atoms with E-state index in [9.17, 15) is 9.59 Å². The van der Waals surface area contributed by atoms with E-state index in [0.29, 0.717) is 34.4 Å². The number of fused-ring (bicyclic) bond motifs is 1. The van der Waals surface area contributed by atoms with Crippen molar-refractivity contribution in [3.63, 3.8) is 0 Å². The minimum atomic E-state index is -0.562. The maximum Gasteiger partial charge on any atom is 0.311 e. The summed E-state index contributed by atoms with van der Waals surface area (Å²) in [6.45, 7) is 0.375. The zero-order valence-corrected chi connectivity index (χ0v) is 17.3. The number of methoxy groups -OCH3 is 1. The molecular formula is C23H20N2O7. The van der Waals surface area contributed by atoms with Crippen molar-refractivity contribution in [2.45, 2.75) is 13.0 Å². The summed E-state index contributed by atoms with van der Waals surface area (Å²) in [5, 5.41) is 3.97. The van der Waals surface area contributed by atoms with Crippen molar-refractivity contribution in [3.05, 3.63) is 54.2 Å². The first-order valence-electron chi connectivity index (χ1n) is 10.1. The molecule has 9 heteroatoms. The molecule has 2 aliphatic rings. The number of benzene rings is 2. The number of carbonyl (C=O) groups excluding carboxylic acids is 2. The Morgan fingerprint density at radius 3 is 2.88 bits per heavy atom. The number of esters is 1. The van der Waals surface area contributed by atoms with Crippen molar-refractivity contribution < 1.29 is 33.1 Å². The lowest BCUT2D eigenvalue weighted by molar-refractivity contribution is -0.149. The molecule has 0 radical (unpaired) electrons. The molecule has 1 fully saturated rings. The second kappa shape index (κ2) is 8.26. The molecule has 3 heterocycles. The average Bonchev–Trinajstić information content (AvgIpc) is 3.56. The van der Waals surface area contributed by atoms with Gasteiger partial charge >= 0.3 is 5.97 Å². The van der Waals surface area contributed by atoms with Crippen molar-refractivity contribution >= 4 is 17.6 Å². The van der Waals surface area contributed by atoms with E-state index in [1.165, 1.54) is 0 Å². The maximum atomic E-state index is 12.6. The van der Waals surface area contributed by atoms with Gasteiger partial charge in [-0.05, 0) is 30.3 Å². The first-order valence-corrected chi connectivity index (χ1v) is 10.1. The van der Waals surface area contributed by atoms with Crippen LogP contribution < -0.4 is 19.1 Å². The molecule has 0 N–H and O–H groups in total. The number of hydrogen-bond donors (Lipinski definition) is 0. The second-order valence-electron chi connectivity index (χ2n) is 7.44. The third kappa shape index (κ3) is 3.73. The first-order chi connectivity index (χ1) is 15.6. The highest BCUT2D eigenvalue weighted by Crippen LogP contribution is 2.36. The highest BCUT2D eigenvalue weighted by Gasteiger charge is 2.37. The van der Waals surface area contributed by atoms with Gasteiger partial charge in [0.25, 0.3) is 0 Å². The van der Waals surface area contributed by atoms with Gasteiger partial charge in [-0.3, -0.25) is 9.59 Å². The van der Waals surface area contributed by atoms with E-state index < -0.39 is 11.9 Å². The fraction of sp³-hybridized carbons (Fsp3) is 0.261. The smallest absolute Gasteiger partial charge is 0.311 e. The van der Waals surface area contributed by atoms with Gasteiger partial charge in [-0.1, -0.05) is 17.3 Å². The summed E-state index contributed by atoms with van der Waals surface area (Å²) < 4.78 is 26.8. The Kier molecular flexibility index (Phi) is 5.14. The van der Waals surface area contributed by atoms with Crippen LogP contribution in [-0.4, -0.2) is 37.5 Å². The third-order valence-corrected chi connectivity index (χ3v) is 5.41. The van der Waals surface area contributed by atoms with Gasteiger partial charge in [0.1, 0.15) is 18.1 Å². The van der Waals surface area contributed by atoms with Crippen LogP contribution in [0, 0.1) is 5.92 Å². The number of ether oxygens (including phenoxy) is 4. The van der Waals surface area contributed by atoms with E-state index in [-0.39, 0.29) is 32.3 Å². The number of anilines is 1. The molecule has 32 heavy (non-hydrogen) atoms. The predicted molar refractivity (Wildman–Crippen MR) is 111 cm³/mol. The number of rotatable bonds is 6. The SMILES string of the molecule is COc1ccccc1N1CC(C(=O)OCc2cc(-c3ccc4c(c3)OCO4)on2)CC1=O. The molecule has 2 aliphatic heterocycles. The molecule has 0 spiro atoms. The predicted octanol–water partition coefficient (Wildman–Crippen LogP) is 3.18. The van der Waals surface area contributed by atoms with Crippen LogP contribution in [0.15, 0.2) is 53.1 Å². The van der Waals surface area contributed by atoms with Crippen LogP contribution in [0.25, 0.3) is 11.3 Å². The van der Waals surface area contributed by atoms with Gasteiger partial charge in [-0.2, -0.15) is 0 Å². The minimum absolute atomic E-state index is 0.0494. The van der Waals surface area contributed by atoms with Gasteiger partial charge in [0.05, 0.1) is 18.7 Å². The monoisotopic (exact) mass is 436 g/mol. The molecule has 5 rings (SSSR count). The lowest BCUT2D eigenvalue weighted by atomic mass is 10.1. The fourth-order valence-corrected chi connectivity index (χ4v) is 3.78. The average molecular weight is 436 g/mol. The third-order valence-electron chi connectivity index (χ3n) is 5.41. The van der Waals surface area contributed by atoms with Crippen LogP contribution in [0.3, 0.4) is 0 Å². The van der Waals surface area contributed by atoms with Gasteiger partial charge in [0, 0.05) is 24.6 Å². The van der Waals surface area contributed by atoms with Crippen molar-refractivity contribution in [1.29, 1.82) is 0 Å². The summed E-state index contributed by atoms with van der Waals surface area (Å²) in [4.78, 5) is 26.6. The molecule has 9 nitrogen and oxygen atoms in total. The lowest BCUT2D eigenvalue weighted by Gasteiger charge is -2.19. The van der Waals surface area contributed by atoms with Crippen molar-refractivity contribution in [3.8, 4) is 28.6 Å². The first kappa shape index (κ1) is 19.9. The normalized spacial score (nSPS) is 17.0. The van der Waals surface area contributed by atoms with Gasteiger partial charge in [-0.25, -0.2) is 0 Å². The van der Waals surface area contributed by atoms with Crippen LogP contribution >= 0.6 is 0 Å². The Bertz CT molecular complexity index is 1170. The number of aromatic nitrogens is 1. The van der Waals surface area contributed by atoms with Gasteiger partial charge in [-0.15, -0.1) is 0 Å². The van der Waals surface area contributed by atoms with Crippen LogP contribution in [0.5, 0.6) is 17.2 Å². The maximum absolute atomic E-state index is 12.6. The Morgan fingerprint density at radius 1 is 1.16 bits per heavy atom. The van der Waals surface area contributed by atoms with Crippen molar-refractivity contribution in [2.75, 3.05) is 25.3 Å². The van der Waals surface area contributed by atoms with Gasteiger partial charge in [0.2, 0.25) is 12.7 Å². The van der Waals surface area contributed by atoms with E-state index in [0.717, 1.165) is 5.56 Å². The molecule has 1 saturated heterocycles. The summed E-state index contributed by atoms with van der Waals surface area (Å²) in [6, 6.07) is 14.3. The molecule has 1 amide bonds. The molecular weight excluding hydrogens is 416 g/mol. The molecule has 1 aromatic heterocycles. The fourth-order valence-electron chi connectivity index (χ4n) is 3.78. The molecule has 3 aromatic rings. The Balaban J connectivity index is 1.21. The molecule has 0 bridgehead atoms. The number of nitrogens with zero attached hydrogens (tertiary/aromatic N) is 2. The van der Waals surface area contributed by atoms with E-state index >= 15 is 0 Å². The number of amides is 1. The molecule has 1 atom stereocenters. The standard InChI is InChI=1S/C23H20N2O7/c1-28-18-5-3-2-4-17(18)25-11-15(9-22(25)26)23(27)29-12-16-10-20(32-24-16)14-6-7-19-21(8-14)31-13-30-19/h2-8,10,15H,9,11-13H2,1H3. The van der Waals surface area contributed by atoms with Crippen LogP contribution in [0.4, 0.5) is 5.69 Å². The Morgan fingerprint density at radius 2 is 2.00 bits per heavy atom. The summed E-state index contributed by atoms with van der Waals surface area (Å²) >= 11 is 0. The van der Waals surface area contributed by atoms with E-state index in [1.54, 1.807) is 42.3 Å². The number of carbonyl (C=O) groups is 2. The number of para-hydroxylation sites is 2. The molecule has 1 unspecified atom stereocenters. The topological polar surface area (TPSA) is 100 Å². The van der Waals surface area contributed by atoms with Crippen molar-refractivity contribution in [2.24, 2.45) is 5.92 Å². The molecule has 0 saturated carbocycles. The zero-order chi connectivity index (χ0) is 22.1. The number of hydrogen-bond acceptors (Lipinski definition) is 8. The van der Waals surface area contributed by atoms with Gasteiger partial charge < -0.3 is 28.4 Å². The summed E-state index contributed by atoms with van der Waals surface area (Å²) in [6.07, 6.45) is 0.0815. The second-order valence-corrected chi connectivity index (χ2v) is 7.44. The van der Waals surface area contributed by atoms with Crippen LogP contribution in [-0.2, 0) is 20.9 Å². The molecule has 2 aromatic carbocycles. The Hall–Kier alpha value is -4.01. The summed E-state index contributed by atoms with van der Waals surface area (Å²) in [5.41, 5.74) is 1.88.